The number of hydrogen-bond acceptors (Lipinski definition) is 3. The lowest BCUT2D eigenvalue weighted by molar-refractivity contribution is -0.136. The fourth-order valence-corrected chi connectivity index (χ4v) is 3.70. The van der Waals surface area contributed by atoms with Gasteiger partial charge in [-0.1, -0.05) is 26.8 Å². The lowest BCUT2D eigenvalue weighted by atomic mass is 9.70. The van der Waals surface area contributed by atoms with Crippen LogP contribution in [0, 0.1) is 11.3 Å². The smallest absolute Gasteiger partial charge is 0.307 e. The predicted octanol–water partition coefficient (Wildman–Crippen LogP) is 3.52. The number of hydrogen-bond donors (Lipinski definition) is 3. The third-order valence-electron chi connectivity index (χ3n) is 4.22. The summed E-state index contributed by atoms with van der Waals surface area (Å²) in [6, 6.07) is 5.93. The fourth-order valence-electron chi connectivity index (χ4n) is 3.70. The van der Waals surface area contributed by atoms with Gasteiger partial charge in [0.05, 0.1) is 17.8 Å². The quantitative estimate of drug-likeness (QED) is 0.742. The van der Waals surface area contributed by atoms with E-state index in [1.807, 2.05) is 12.1 Å². The highest BCUT2D eigenvalue weighted by molar-refractivity contribution is 5.73. The normalized spacial score (nSPS) is 24.5. The van der Waals surface area contributed by atoms with Crippen molar-refractivity contribution < 1.29 is 9.90 Å². The fraction of sp³-hybridized carbons (Fsp3) is 0.588. The van der Waals surface area contributed by atoms with E-state index in [1.165, 1.54) is 6.42 Å². The Balaban J connectivity index is 2.07. The van der Waals surface area contributed by atoms with E-state index in [0.29, 0.717) is 23.1 Å². The SMILES string of the molecule is C[C@H]1C[C@@H](Nc2ccc(CC(=O)O)cc2N)CC(C)(C)C1. The second kappa shape index (κ2) is 5.96. The summed E-state index contributed by atoms with van der Waals surface area (Å²) in [5, 5.41) is 12.4. The summed E-state index contributed by atoms with van der Waals surface area (Å²) in [4.78, 5) is 10.7. The Morgan fingerprint density at radius 3 is 2.71 bits per heavy atom. The number of carbonyl (C=O) groups is 1. The minimum atomic E-state index is -0.835. The molecule has 1 fully saturated rings. The lowest BCUT2D eigenvalue weighted by Crippen LogP contribution is -2.35. The third-order valence-corrected chi connectivity index (χ3v) is 4.22. The standard InChI is InChI=1S/C17H26N2O2/c1-11-6-13(10-17(2,3)9-11)19-15-5-4-12(7-14(15)18)8-16(20)21/h4-5,7,11,13,19H,6,8-10,18H2,1-3H3,(H,20,21)/t11-,13+/m0/s1. The van der Waals surface area contributed by atoms with Gasteiger partial charge in [-0.05, 0) is 48.3 Å². The number of nitrogens with two attached hydrogens (primary N) is 1. The van der Waals surface area contributed by atoms with Gasteiger partial charge in [0.25, 0.3) is 0 Å². The molecule has 2 rings (SSSR count). The molecule has 0 saturated heterocycles. The maximum atomic E-state index is 10.7. The Morgan fingerprint density at radius 1 is 1.43 bits per heavy atom. The number of nitrogen functional groups attached to an aromatic ring is 1. The molecule has 0 radical (unpaired) electrons. The van der Waals surface area contributed by atoms with Crippen molar-refractivity contribution in [2.45, 2.75) is 52.5 Å². The average molecular weight is 290 g/mol. The zero-order chi connectivity index (χ0) is 15.6. The molecule has 116 valence electrons. The largest absolute Gasteiger partial charge is 0.481 e. The summed E-state index contributed by atoms with van der Waals surface area (Å²) in [5.41, 5.74) is 8.70. The Hall–Kier alpha value is -1.71. The molecule has 2 atom stereocenters. The van der Waals surface area contributed by atoms with Crippen LogP contribution in [0.25, 0.3) is 0 Å². The van der Waals surface area contributed by atoms with E-state index in [9.17, 15) is 4.79 Å². The van der Waals surface area contributed by atoms with E-state index < -0.39 is 5.97 Å². The van der Waals surface area contributed by atoms with Crippen LogP contribution in [0.1, 0.15) is 45.6 Å². The molecule has 1 aromatic carbocycles. The highest BCUT2D eigenvalue weighted by atomic mass is 16.4. The zero-order valence-corrected chi connectivity index (χ0v) is 13.1. The Labute approximate surface area is 126 Å². The molecule has 0 amide bonds. The Bertz CT molecular complexity index is 526. The van der Waals surface area contributed by atoms with Gasteiger partial charge in [-0.25, -0.2) is 0 Å². The van der Waals surface area contributed by atoms with E-state index in [2.05, 4.69) is 26.1 Å². The first-order valence-corrected chi connectivity index (χ1v) is 7.62. The van der Waals surface area contributed by atoms with Crippen LogP contribution in [0.2, 0.25) is 0 Å². The summed E-state index contributed by atoms with van der Waals surface area (Å²) in [7, 11) is 0. The number of rotatable bonds is 4. The molecule has 1 aromatic rings. The summed E-state index contributed by atoms with van der Waals surface area (Å²) in [6.07, 6.45) is 3.56. The zero-order valence-electron chi connectivity index (χ0n) is 13.1. The molecule has 0 bridgehead atoms. The van der Waals surface area contributed by atoms with Gasteiger partial charge < -0.3 is 16.2 Å². The Kier molecular flexibility index (Phi) is 4.45. The van der Waals surface area contributed by atoms with Gasteiger partial charge in [-0.3, -0.25) is 4.79 Å². The minimum absolute atomic E-state index is 0.0119. The van der Waals surface area contributed by atoms with Crippen LogP contribution in [0.4, 0.5) is 11.4 Å². The first kappa shape index (κ1) is 15.7. The van der Waals surface area contributed by atoms with Crippen LogP contribution >= 0.6 is 0 Å². The van der Waals surface area contributed by atoms with Gasteiger partial charge in [-0.15, -0.1) is 0 Å². The third kappa shape index (κ3) is 4.38. The minimum Gasteiger partial charge on any atom is -0.481 e. The van der Waals surface area contributed by atoms with E-state index in [1.54, 1.807) is 6.07 Å². The van der Waals surface area contributed by atoms with Gasteiger partial charge >= 0.3 is 5.97 Å². The lowest BCUT2D eigenvalue weighted by Gasteiger charge is -2.39. The number of benzene rings is 1. The second-order valence-electron chi connectivity index (χ2n) is 7.25. The number of aliphatic carboxylic acids is 1. The van der Waals surface area contributed by atoms with Crippen LogP contribution in [-0.4, -0.2) is 17.1 Å². The number of nitrogens with one attached hydrogen (secondary N) is 1. The molecular formula is C17H26N2O2. The van der Waals surface area contributed by atoms with Crippen molar-refractivity contribution in [1.29, 1.82) is 0 Å². The van der Waals surface area contributed by atoms with Crippen molar-refractivity contribution in [3.8, 4) is 0 Å². The molecule has 0 unspecified atom stereocenters. The first-order valence-electron chi connectivity index (χ1n) is 7.62. The number of carboxylic acid groups (broad SMARTS) is 1. The summed E-state index contributed by atoms with van der Waals surface area (Å²) >= 11 is 0. The monoisotopic (exact) mass is 290 g/mol. The van der Waals surface area contributed by atoms with Crippen LogP contribution in [0.15, 0.2) is 18.2 Å². The second-order valence-corrected chi connectivity index (χ2v) is 7.25. The van der Waals surface area contributed by atoms with Crippen LogP contribution in [0.5, 0.6) is 0 Å². The molecule has 0 aromatic heterocycles. The maximum Gasteiger partial charge on any atom is 0.307 e. The average Bonchev–Trinajstić information content (AvgIpc) is 2.29. The summed E-state index contributed by atoms with van der Waals surface area (Å²) < 4.78 is 0. The molecule has 4 nitrogen and oxygen atoms in total. The molecule has 0 aliphatic heterocycles. The Morgan fingerprint density at radius 2 is 2.14 bits per heavy atom. The molecule has 0 spiro atoms. The number of carboxylic acids is 1. The molecule has 1 aliphatic rings. The first-order chi connectivity index (χ1) is 9.75. The highest BCUT2D eigenvalue weighted by Crippen LogP contribution is 2.40. The molecule has 4 N–H and O–H groups in total. The van der Waals surface area contributed by atoms with Gasteiger partial charge in [-0.2, -0.15) is 0 Å². The van der Waals surface area contributed by atoms with Gasteiger partial charge in [0.2, 0.25) is 0 Å². The van der Waals surface area contributed by atoms with Crippen molar-refractivity contribution in [2.24, 2.45) is 11.3 Å². The van der Waals surface area contributed by atoms with Gasteiger partial charge in [0.1, 0.15) is 0 Å². The highest BCUT2D eigenvalue weighted by Gasteiger charge is 2.32. The van der Waals surface area contributed by atoms with Crippen molar-refractivity contribution in [2.75, 3.05) is 11.1 Å². The van der Waals surface area contributed by atoms with E-state index in [4.69, 9.17) is 10.8 Å². The predicted molar refractivity (Wildman–Crippen MR) is 86.4 cm³/mol. The van der Waals surface area contributed by atoms with Crippen molar-refractivity contribution >= 4 is 17.3 Å². The molecule has 21 heavy (non-hydrogen) atoms. The van der Waals surface area contributed by atoms with Crippen LogP contribution in [-0.2, 0) is 11.2 Å². The van der Waals surface area contributed by atoms with E-state index >= 15 is 0 Å². The van der Waals surface area contributed by atoms with Gasteiger partial charge in [0, 0.05) is 6.04 Å². The topological polar surface area (TPSA) is 75.3 Å². The van der Waals surface area contributed by atoms with Gasteiger partial charge in [0.15, 0.2) is 0 Å². The van der Waals surface area contributed by atoms with Crippen molar-refractivity contribution in [1.82, 2.24) is 0 Å². The van der Waals surface area contributed by atoms with Crippen molar-refractivity contribution in [3.05, 3.63) is 23.8 Å². The molecule has 4 heteroatoms. The van der Waals surface area contributed by atoms with Crippen LogP contribution in [0.3, 0.4) is 0 Å². The molecular weight excluding hydrogens is 264 g/mol. The van der Waals surface area contributed by atoms with E-state index in [0.717, 1.165) is 24.1 Å². The molecule has 1 aliphatic carbocycles. The molecule has 0 heterocycles. The van der Waals surface area contributed by atoms with E-state index in [-0.39, 0.29) is 6.42 Å². The maximum absolute atomic E-state index is 10.7. The summed E-state index contributed by atoms with van der Waals surface area (Å²) in [6.45, 7) is 6.93. The van der Waals surface area contributed by atoms with Crippen LogP contribution < -0.4 is 11.1 Å². The summed E-state index contributed by atoms with van der Waals surface area (Å²) in [5.74, 6) is -0.128. The van der Waals surface area contributed by atoms with Crippen molar-refractivity contribution in [3.63, 3.8) is 0 Å². The molecule has 1 saturated carbocycles. The number of anilines is 2.